The van der Waals surface area contributed by atoms with E-state index in [1.807, 2.05) is 73.3 Å². The summed E-state index contributed by atoms with van der Waals surface area (Å²) in [4.78, 5) is 31.2. The molecule has 2 aliphatic rings. The Morgan fingerprint density at radius 2 is 1.55 bits per heavy atom. The highest BCUT2D eigenvalue weighted by Crippen LogP contribution is 2.41. The van der Waals surface area contributed by atoms with Crippen molar-refractivity contribution in [1.82, 2.24) is 0 Å². The van der Waals surface area contributed by atoms with Crippen LogP contribution < -0.4 is 14.5 Å². The lowest BCUT2D eigenvalue weighted by molar-refractivity contribution is -0.120. The first-order chi connectivity index (χ1) is 16.1. The predicted octanol–water partition coefficient (Wildman–Crippen LogP) is 5.13. The van der Waals surface area contributed by atoms with Crippen molar-refractivity contribution in [3.8, 4) is 5.75 Å². The Morgan fingerprint density at radius 3 is 2.30 bits per heavy atom. The molecule has 0 saturated heterocycles. The molecule has 0 atom stereocenters. The van der Waals surface area contributed by atoms with Crippen LogP contribution in [0.3, 0.4) is 0 Å². The molecule has 0 bridgehead atoms. The number of aryl methyl sites for hydroxylation is 2. The van der Waals surface area contributed by atoms with Gasteiger partial charge in [-0.1, -0.05) is 60.2 Å². The van der Waals surface area contributed by atoms with E-state index in [1.165, 1.54) is 10.5 Å². The van der Waals surface area contributed by atoms with Crippen LogP contribution in [0.25, 0.3) is 5.57 Å². The van der Waals surface area contributed by atoms with Gasteiger partial charge in [-0.15, -0.1) is 0 Å². The van der Waals surface area contributed by atoms with Crippen molar-refractivity contribution in [3.63, 3.8) is 0 Å². The first-order valence-corrected chi connectivity index (χ1v) is 11.4. The molecule has 33 heavy (non-hydrogen) atoms. The highest BCUT2D eigenvalue weighted by atomic mass is 16.5. The summed E-state index contributed by atoms with van der Waals surface area (Å²) in [5.74, 6) is -0.126. The SMILES string of the molecule is CCOc1ccccc1N1C(=O)C(c2ccc(C)cc2)=C(N2CCCc3ccccc32)C1=O. The maximum atomic E-state index is 14.0. The van der Waals surface area contributed by atoms with Gasteiger partial charge in [0.1, 0.15) is 11.4 Å². The van der Waals surface area contributed by atoms with E-state index in [2.05, 4.69) is 6.07 Å². The molecule has 0 aliphatic carbocycles. The zero-order valence-corrected chi connectivity index (χ0v) is 18.9. The minimum absolute atomic E-state index is 0.320. The fraction of sp³-hybridized carbons (Fsp3) is 0.214. The summed E-state index contributed by atoms with van der Waals surface area (Å²) in [5, 5.41) is 0. The Balaban J connectivity index is 1.69. The second-order valence-electron chi connectivity index (χ2n) is 8.32. The largest absolute Gasteiger partial charge is 0.492 e. The third-order valence-corrected chi connectivity index (χ3v) is 6.19. The Morgan fingerprint density at radius 1 is 0.848 bits per heavy atom. The van der Waals surface area contributed by atoms with Crippen LogP contribution in [-0.2, 0) is 16.0 Å². The Kier molecular flexibility index (Phi) is 5.47. The van der Waals surface area contributed by atoms with Gasteiger partial charge in [-0.25, -0.2) is 4.90 Å². The lowest BCUT2D eigenvalue weighted by atomic mass is 9.98. The number of benzene rings is 3. The van der Waals surface area contributed by atoms with Gasteiger partial charge in [0.25, 0.3) is 11.8 Å². The monoisotopic (exact) mass is 438 g/mol. The highest BCUT2D eigenvalue weighted by Gasteiger charge is 2.44. The van der Waals surface area contributed by atoms with Gasteiger partial charge in [0, 0.05) is 12.2 Å². The van der Waals surface area contributed by atoms with Crippen molar-refractivity contribution in [2.24, 2.45) is 0 Å². The number of fused-ring (bicyclic) bond motifs is 1. The molecule has 0 saturated carbocycles. The van der Waals surface area contributed by atoms with Crippen LogP contribution >= 0.6 is 0 Å². The minimum Gasteiger partial charge on any atom is -0.492 e. The molecule has 3 aromatic carbocycles. The van der Waals surface area contributed by atoms with Crippen molar-refractivity contribution in [1.29, 1.82) is 0 Å². The average molecular weight is 439 g/mol. The van der Waals surface area contributed by atoms with Gasteiger partial charge in [0.15, 0.2) is 0 Å². The third-order valence-electron chi connectivity index (χ3n) is 6.19. The number of para-hydroxylation sites is 3. The topological polar surface area (TPSA) is 49.9 Å². The van der Waals surface area contributed by atoms with Crippen molar-refractivity contribution >= 4 is 28.8 Å². The zero-order chi connectivity index (χ0) is 22.9. The quantitative estimate of drug-likeness (QED) is 0.518. The van der Waals surface area contributed by atoms with Gasteiger partial charge in [0.2, 0.25) is 0 Å². The molecule has 5 rings (SSSR count). The number of ether oxygens (including phenoxy) is 1. The fourth-order valence-electron chi connectivity index (χ4n) is 4.65. The number of rotatable bonds is 5. The van der Waals surface area contributed by atoms with Crippen LogP contribution in [0, 0.1) is 6.92 Å². The predicted molar refractivity (Wildman–Crippen MR) is 130 cm³/mol. The molecule has 2 amide bonds. The molecular formula is C28H26N2O3. The lowest BCUT2D eigenvalue weighted by Crippen LogP contribution is -2.37. The normalized spacial score (nSPS) is 15.8. The zero-order valence-electron chi connectivity index (χ0n) is 18.9. The number of amides is 2. The van der Waals surface area contributed by atoms with Gasteiger partial charge >= 0.3 is 0 Å². The lowest BCUT2D eigenvalue weighted by Gasteiger charge is -2.32. The van der Waals surface area contributed by atoms with E-state index in [0.717, 1.165) is 29.7 Å². The van der Waals surface area contributed by atoms with E-state index in [4.69, 9.17) is 4.74 Å². The Hall–Kier alpha value is -3.86. The van der Waals surface area contributed by atoms with E-state index >= 15 is 0 Å². The molecule has 0 N–H and O–H groups in total. The second-order valence-corrected chi connectivity index (χ2v) is 8.32. The first kappa shape index (κ1) is 21.0. The van der Waals surface area contributed by atoms with Crippen molar-refractivity contribution in [2.75, 3.05) is 23.0 Å². The maximum Gasteiger partial charge on any atom is 0.282 e. The molecular weight excluding hydrogens is 412 g/mol. The van der Waals surface area contributed by atoms with E-state index in [1.54, 1.807) is 12.1 Å². The Bertz CT molecular complexity index is 1260. The molecule has 166 valence electrons. The second kappa shape index (κ2) is 8.58. The highest BCUT2D eigenvalue weighted by molar-refractivity contribution is 6.46. The van der Waals surface area contributed by atoms with Crippen molar-refractivity contribution in [2.45, 2.75) is 26.7 Å². The number of carbonyl (C=O) groups is 2. The molecule has 0 radical (unpaired) electrons. The standard InChI is InChI=1S/C28H26N2O3/c1-3-33-24-13-7-6-12-23(24)30-27(31)25(21-16-14-19(2)15-17-21)26(28(30)32)29-18-8-10-20-9-4-5-11-22(20)29/h4-7,9,11-17H,3,8,10,18H2,1-2H3. The first-order valence-electron chi connectivity index (χ1n) is 11.4. The van der Waals surface area contributed by atoms with E-state index in [0.29, 0.717) is 35.9 Å². The summed E-state index contributed by atoms with van der Waals surface area (Å²) >= 11 is 0. The van der Waals surface area contributed by atoms with E-state index in [-0.39, 0.29) is 11.8 Å². The average Bonchev–Trinajstić information content (AvgIpc) is 3.09. The molecule has 2 aliphatic heterocycles. The van der Waals surface area contributed by atoms with Gasteiger partial charge in [-0.3, -0.25) is 9.59 Å². The van der Waals surface area contributed by atoms with Crippen molar-refractivity contribution < 1.29 is 14.3 Å². The van der Waals surface area contributed by atoms with Gasteiger partial charge in [-0.2, -0.15) is 0 Å². The van der Waals surface area contributed by atoms with Crippen LogP contribution in [0.1, 0.15) is 30.0 Å². The minimum atomic E-state index is -0.325. The molecule has 0 aromatic heterocycles. The summed E-state index contributed by atoms with van der Waals surface area (Å²) in [6.07, 6.45) is 1.87. The third kappa shape index (κ3) is 3.59. The number of nitrogens with zero attached hydrogens (tertiary/aromatic N) is 2. The number of anilines is 2. The van der Waals surface area contributed by atoms with E-state index < -0.39 is 0 Å². The summed E-state index contributed by atoms with van der Waals surface area (Å²) in [6, 6.07) is 23.1. The summed E-state index contributed by atoms with van der Waals surface area (Å²) in [6.45, 7) is 5.02. The number of carbonyl (C=O) groups excluding carboxylic acids is 2. The van der Waals surface area contributed by atoms with Crippen LogP contribution in [0.4, 0.5) is 11.4 Å². The van der Waals surface area contributed by atoms with E-state index in [9.17, 15) is 9.59 Å². The molecule has 3 aromatic rings. The molecule has 5 nitrogen and oxygen atoms in total. The van der Waals surface area contributed by atoms with Crippen LogP contribution in [0.2, 0.25) is 0 Å². The fourth-order valence-corrected chi connectivity index (χ4v) is 4.65. The molecule has 2 heterocycles. The molecule has 5 heteroatoms. The van der Waals surface area contributed by atoms with Gasteiger partial charge in [0.05, 0.1) is 17.9 Å². The summed E-state index contributed by atoms with van der Waals surface area (Å²) in [5.41, 5.74) is 5.36. The smallest absolute Gasteiger partial charge is 0.282 e. The number of hydrogen-bond acceptors (Lipinski definition) is 4. The van der Waals surface area contributed by atoms with Gasteiger partial charge < -0.3 is 9.64 Å². The molecule has 0 unspecified atom stereocenters. The number of imide groups is 1. The van der Waals surface area contributed by atoms with Crippen LogP contribution in [-0.4, -0.2) is 25.0 Å². The van der Waals surface area contributed by atoms with Gasteiger partial charge in [-0.05, 0) is 56.0 Å². The molecule has 0 spiro atoms. The van der Waals surface area contributed by atoms with Crippen LogP contribution in [0.5, 0.6) is 5.75 Å². The maximum absolute atomic E-state index is 14.0. The molecule has 0 fully saturated rings. The van der Waals surface area contributed by atoms with Crippen molar-refractivity contribution in [3.05, 3.63) is 95.2 Å². The summed E-state index contributed by atoms with van der Waals surface area (Å²) in [7, 11) is 0. The Labute approximate surface area is 193 Å². The number of hydrogen-bond donors (Lipinski definition) is 0. The van der Waals surface area contributed by atoms with Crippen LogP contribution in [0.15, 0.2) is 78.5 Å². The summed E-state index contributed by atoms with van der Waals surface area (Å²) < 4.78 is 5.76.